The van der Waals surface area contributed by atoms with E-state index in [0.717, 1.165) is 50.2 Å². The van der Waals surface area contributed by atoms with Crippen LogP contribution in [-0.4, -0.2) is 74.3 Å². The van der Waals surface area contributed by atoms with Crippen LogP contribution in [0.4, 0.5) is 4.39 Å². The Kier molecular flexibility index (Phi) is 9.81. The number of benzene rings is 1. The Balaban J connectivity index is 1.45. The van der Waals surface area contributed by atoms with E-state index in [1.165, 1.54) is 12.1 Å². The normalized spacial score (nSPS) is 20.3. The van der Waals surface area contributed by atoms with Gasteiger partial charge < -0.3 is 14.4 Å². The topological polar surface area (TPSA) is 61.7 Å². The molecule has 214 valence electrons. The number of amides is 2. The van der Waals surface area contributed by atoms with Crippen LogP contribution >= 0.6 is 0 Å². The predicted molar refractivity (Wildman–Crippen MR) is 151 cm³/mol. The Morgan fingerprint density at radius 2 is 1.72 bits per heavy atom. The lowest BCUT2D eigenvalue weighted by Gasteiger charge is -2.45. The number of rotatable bonds is 10. The van der Waals surface area contributed by atoms with Crippen molar-refractivity contribution >= 4 is 11.8 Å². The summed E-state index contributed by atoms with van der Waals surface area (Å²) in [6.45, 7) is 11.8. The lowest BCUT2D eigenvalue weighted by atomic mass is 9.91. The second-order valence-corrected chi connectivity index (χ2v) is 12.3. The number of hydrogen-bond donors (Lipinski definition) is 0. The average molecular weight is 540 g/mol. The summed E-state index contributed by atoms with van der Waals surface area (Å²) < 4.78 is 15.5. The van der Waals surface area contributed by atoms with Gasteiger partial charge in [0.2, 0.25) is 11.8 Å². The highest BCUT2D eigenvalue weighted by Crippen LogP contribution is 2.27. The third kappa shape index (κ3) is 7.47. The second-order valence-electron chi connectivity index (χ2n) is 12.3. The van der Waals surface area contributed by atoms with Gasteiger partial charge in [0.25, 0.3) is 0 Å². The molecular weight excluding hydrogens is 493 g/mol. The van der Waals surface area contributed by atoms with Crippen molar-refractivity contribution in [2.75, 3.05) is 26.2 Å². The van der Waals surface area contributed by atoms with Gasteiger partial charge in [-0.3, -0.25) is 14.5 Å². The Morgan fingerprint density at radius 1 is 1.03 bits per heavy atom. The van der Waals surface area contributed by atoms with Gasteiger partial charge in [-0.1, -0.05) is 39.8 Å². The molecule has 2 fully saturated rings. The fourth-order valence-electron chi connectivity index (χ4n) is 6.10. The molecule has 8 heteroatoms. The van der Waals surface area contributed by atoms with Gasteiger partial charge in [0.15, 0.2) is 0 Å². The van der Waals surface area contributed by atoms with Crippen molar-refractivity contribution in [2.45, 2.75) is 78.4 Å². The molecule has 2 aliphatic heterocycles. The van der Waals surface area contributed by atoms with Crippen molar-refractivity contribution < 1.29 is 14.0 Å². The summed E-state index contributed by atoms with van der Waals surface area (Å²) in [5.74, 6) is 2.15. The van der Waals surface area contributed by atoms with Crippen LogP contribution < -0.4 is 0 Å². The number of aryl methyl sites for hydroxylation is 1. The van der Waals surface area contributed by atoms with Gasteiger partial charge in [0.1, 0.15) is 17.7 Å². The fourth-order valence-corrected chi connectivity index (χ4v) is 6.10. The molecule has 7 nitrogen and oxygen atoms in total. The highest BCUT2D eigenvalue weighted by molar-refractivity contribution is 5.90. The van der Waals surface area contributed by atoms with E-state index < -0.39 is 6.04 Å². The molecular formula is C31H46FN5O2. The third-order valence-electron chi connectivity index (χ3n) is 8.30. The molecule has 4 rings (SSSR count). The van der Waals surface area contributed by atoms with E-state index in [2.05, 4.69) is 42.1 Å². The van der Waals surface area contributed by atoms with Crippen LogP contribution in [-0.2, 0) is 29.6 Å². The number of likely N-dealkylation sites (tertiary alicyclic amines) is 1. The summed E-state index contributed by atoms with van der Waals surface area (Å²) in [4.78, 5) is 38.6. The Labute approximate surface area is 233 Å². The maximum atomic E-state index is 14.0. The number of aromatic nitrogens is 2. The number of carbonyl (C=O) groups excluding carboxylic acids is 2. The molecule has 1 unspecified atom stereocenters. The van der Waals surface area contributed by atoms with Gasteiger partial charge in [-0.25, -0.2) is 9.37 Å². The van der Waals surface area contributed by atoms with E-state index in [1.807, 2.05) is 29.2 Å². The number of carbonyl (C=O) groups is 2. The Bertz CT molecular complexity index is 1090. The lowest BCUT2D eigenvalue weighted by molar-refractivity contribution is -0.155. The molecule has 2 aromatic rings. The fraction of sp³-hybridized carbons (Fsp3) is 0.645. The molecule has 0 radical (unpaired) electrons. The molecule has 1 aromatic carbocycles. The maximum absolute atomic E-state index is 14.0. The minimum atomic E-state index is -0.425. The van der Waals surface area contributed by atoms with E-state index in [1.54, 1.807) is 12.1 Å². The first-order valence-corrected chi connectivity index (χ1v) is 14.7. The van der Waals surface area contributed by atoms with Crippen LogP contribution in [0.3, 0.4) is 0 Å². The molecule has 2 atom stereocenters. The molecule has 3 heterocycles. The number of halogens is 1. The zero-order valence-corrected chi connectivity index (χ0v) is 24.4. The Hall–Kier alpha value is -2.74. The first-order valence-electron chi connectivity index (χ1n) is 14.7. The number of piperidine rings is 1. The van der Waals surface area contributed by atoms with Gasteiger partial charge in [-0.05, 0) is 61.1 Å². The van der Waals surface area contributed by atoms with Crippen LogP contribution in [0.2, 0.25) is 0 Å². The minimum absolute atomic E-state index is 0.0562. The molecule has 0 bridgehead atoms. The van der Waals surface area contributed by atoms with E-state index >= 15 is 0 Å². The molecule has 39 heavy (non-hydrogen) atoms. The standard InChI is InChI=1S/C31H46FN5O2/c1-22(2)18-27-31(39)37(17-16-36(27)21-25-6-8-26(32)9-7-25)28(19-23(3)4)30(38)35-13-10-24(11-14-35)20-29-33-12-15-34(29)5/h6-9,12,15,22-24,27-28H,10-11,13-14,16-21H2,1-5H3/t27-,28?/m0/s1. The first kappa shape index (κ1) is 29.2. The lowest BCUT2D eigenvalue weighted by Crippen LogP contribution is -2.63. The van der Waals surface area contributed by atoms with Gasteiger partial charge in [0.05, 0.1) is 6.04 Å². The van der Waals surface area contributed by atoms with Crippen molar-refractivity contribution in [1.82, 2.24) is 24.3 Å². The van der Waals surface area contributed by atoms with Gasteiger partial charge in [-0.15, -0.1) is 0 Å². The maximum Gasteiger partial charge on any atom is 0.245 e. The predicted octanol–water partition coefficient (Wildman–Crippen LogP) is 4.51. The van der Waals surface area contributed by atoms with Crippen molar-refractivity contribution in [1.29, 1.82) is 0 Å². The molecule has 0 N–H and O–H groups in total. The SMILES string of the molecule is CC(C)CC(C(=O)N1CCC(Cc2nccn2C)CC1)N1CCN(Cc2ccc(F)cc2)[C@@H](CC(C)C)C1=O. The third-order valence-corrected chi connectivity index (χ3v) is 8.30. The van der Waals surface area contributed by atoms with Crippen LogP contribution in [0, 0.1) is 23.6 Å². The summed E-state index contributed by atoms with van der Waals surface area (Å²) in [5.41, 5.74) is 0.995. The largest absolute Gasteiger partial charge is 0.341 e. The van der Waals surface area contributed by atoms with Crippen LogP contribution in [0.15, 0.2) is 36.7 Å². The van der Waals surface area contributed by atoms with Gasteiger partial charge in [0, 0.05) is 58.6 Å². The zero-order chi connectivity index (χ0) is 28.1. The summed E-state index contributed by atoms with van der Waals surface area (Å²) in [6.07, 6.45) is 8.08. The molecule has 0 spiro atoms. The summed E-state index contributed by atoms with van der Waals surface area (Å²) >= 11 is 0. The van der Waals surface area contributed by atoms with Crippen molar-refractivity contribution in [2.24, 2.45) is 24.8 Å². The Morgan fingerprint density at radius 3 is 2.31 bits per heavy atom. The van der Waals surface area contributed by atoms with Crippen molar-refractivity contribution in [3.05, 3.63) is 53.9 Å². The highest BCUT2D eigenvalue weighted by Gasteiger charge is 2.42. The highest BCUT2D eigenvalue weighted by atomic mass is 19.1. The quantitative estimate of drug-likeness (QED) is 0.446. The summed E-state index contributed by atoms with van der Waals surface area (Å²) in [7, 11) is 2.03. The van der Waals surface area contributed by atoms with E-state index in [0.29, 0.717) is 43.8 Å². The van der Waals surface area contributed by atoms with Crippen molar-refractivity contribution in [3.63, 3.8) is 0 Å². The zero-order valence-electron chi connectivity index (χ0n) is 24.4. The number of imidazole rings is 1. The molecule has 0 aliphatic carbocycles. The minimum Gasteiger partial charge on any atom is -0.341 e. The molecule has 0 saturated carbocycles. The van der Waals surface area contributed by atoms with Crippen LogP contribution in [0.1, 0.15) is 64.8 Å². The van der Waals surface area contributed by atoms with Crippen molar-refractivity contribution in [3.8, 4) is 0 Å². The second kappa shape index (κ2) is 13.1. The smallest absolute Gasteiger partial charge is 0.245 e. The van der Waals surface area contributed by atoms with Gasteiger partial charge >= 0.3 is 0 Å². The number of hydrogen-bond acceptors (Lipinski definition) is 4. The van der Waals surface area contributed by atoms with E-state index in [9.17, 15) is 14.0 Å². The summed E-state index contributed by atoms with van der Waals surface area (Å²) in [5, 5.41) is 0. The molecule has 1 aromatic heterocycles. The molecule has 2 saturated heterocycles. The molecule has 2 amide bonds. The number of piperazine rings is 1. The van der Waals surface area contributed by atoms with E-state index in [-0.39, 0.29) is 23.7 Å². The van der Waals surface area contributed by atoms with Crippen LogP contribution in [0.25, 0.3) is 0 Å². The average Bonchev–Trinajstić information content (AvgIpc) is 3.30. The van der Waals surface area contributed by atoms with Crippen LogP contribution in [0.5, 0.6) is 0 Å². The monoisotopic (exact) mass is 539 g/mol. The summed E-state index contributed by atoms with van der Waals surface area (Å²) in [6, 6.07) is 5.83. The van der Waals surface area contributed by atoms with E-state index in [4.69, 9.17) is 0 Å². The first-order chi connectivity index (χ1) is 18.6. The van der Waals surface area contributed by atoms with Gasteiger partial charge in [-0.2, -0.15) is 0 Å². The molecule has 2 aliphatic rings. The number of nitrogens with zero attached hydrogens (tertiary/aromatic N) is 5.